The number of hydrogen-bond acceptors (Lipinski definition) is 5. The lowest BCUT2D eigenvalue weighted by Crippen LogP contribution is -2.28. The number of benzene rings is 2. The Labute approximate surface area is 168 Å². The fourth-order valence-corrected chi connectivity index (χ4v) is 3.20. The average molecular weight is 416 g/mol. The van der Waals surface area contributed by atoms with Crippen LogP contribution in [0.3, 0.4) is 0 Å². The molecule has 0 radical (unpaired) electrons. The third-order valence-corrected chi connectivity index (χ3v) is 4.73. The molecule has 0 saturated carbocycles. The van der Waals surface area contributed by atoms with E-state index >= 15 is 0 Å². The monoisotopic (exact) mass is 416 g/mol. The molecule has 0 aliphatic carbocycles. The number of carbonyl (C=O) groups is 2. The van der Waals surface area contributed by atoms with Gasteiger partial charge in [-0.1, -0.05) is 6.07 Å². The molecule has 11 heteroatoms. The first-order valence-corrected chi connectivity index (χ1v) is 8.93. The normalized spacial score (nSPS) is 16.7. The van der Waals surface area contributed by atoms with Crippen molar-refractivity contribution in [3.05, 3.63) is 60.4 Å². The van der Waals surface area contributed by atoms with Gasteiger partial charge in [-0.2, -0.15) is 13.2 Å². The number of anilines is 2. The molecule has 1 saturated heterocycles. The highest BCUT2D eigenvalue weighted by molar-refractivity contribution is 6.03. The number of hydrogen-bond donors (Lipinski definition) is 1. The molecule has 0 spiro atoms. The standard InChI is InChI=1S/C19H15F3N6O2/c20-19(21,22)13-2-1-3-16(9-13)27-10-12(8-17(27)29)18(30)24-14-4-6-15(7-5-14)28-11-23-25-26-28/h1-7,9,11-12H,8,10H2,(H,24,30). The van der Waals surface area contributed by atoms with Crippen LogP contribution in [-0.2, 0) is 15.8 Å². The predicted molar refractivity (Wildman–Crippen MR) is 99.7 cm³/mol. The maximum atomic E-state index is 12.9. The van der Waals surface area contributed by atoms with E-state index in [0.717, 1.165) is 12.1 Å². The molecule has 154 valence electrons. The highest BCUT2D eigenvalue weighted by Gasteiger charge is 2.37. The van der Waals surface area contributed by atoms with Gasteiger partial charge in [0.1, 0.15) is 6.33 Å². The number of amides is 2. The molecule has 30 heavy (non-hydrogen) atoms. The zero-order valence-electron chi connectivity index (χ0n) is 15.4. The fourth-order valence-electron chi connectivity index (χ4n) is 3.20. The highest BCUT2D eigenvalue weighted by atomic mass is 19.4. The second kappa shape index (κ2) is 7.58. The molecule has 1 atom stereocenters. The quantitative estimate of drug-likeness (QED) is 0.706. The Morgan fingerprint density at radius 3 is 2.53 bits per heavy atom. The summed E-state index contributed by atoms with van der Waals surface area (Å²) in [5.41, 5.74) is 0.492. The van der Waals surface area contributed by atoms with E-state index < -0.39 is 23.6 Å². The van der Waals surface area contributed by atoms with Crippen molar-refractivity contribution in [2.45, 2.75) is 12.6 Å². The average Bonchev–Trinajstić information content (AvgIpc) is 3.38. The van der Waals surface area contributed by atoms with E-state index in [9.17, 15) is 22.8 Å². The van der Waals surface area contributed by atoms with Crippen LogP contribution >= 0.6 is 0 Å². The minimum absolute atomic E-state index is 0.00862. The van der Waals surface area contributed by atoms with Gasteiger partial charge in [-0.3, -0.25) is 9.59 Å². The van der Waals surface area contributed by atoms with E-state index in [1.807, 2.05) is 0 Å². The number of halogens is 3. The van der Waals surface area contributed by atoms with Gasteiger partial charge in [0.05, 0.1) is 17.2 Å². The van der Waals surface area contributed by atoms with Crippen molar-refractivity contribution < 1.29 is 22.8 Å². The Kier molecular flexibility index (Phi) is 4.94. The third kappa shape index (κ3) is 4.00. The maximum absolute atomic E-state index is 12.9. The van der Waals surface area contributed by atoms with Gasteiger partial charge >= 0.3 is 6.18 Å². The predicted octanol–water partition coefficient (Wildman–Crippen LogP) is 2.67. The number of nitrogens with zero attached hydrogens (tertiary/aromatic N) is 5. The number of aromatic nitrogens is 4. The van der Waals surface area contributed by atoms with Crippen LogP contribution in [0, 0.1) is 5.92 Å². The Balaban J connectivity index is 1.43. The lowest BCUT2D eigenvalue weighted by molar-refractivity contribution is -0.137. The molecular weight excluding hydrogens is 401 g/mol. The van der Waals surface area contributed by atoms with E-state index in [4.69, 9.17) is 0 Å². The fraction of sp³-hybridized carbons (Fsp3) is 0.211. The molecule has 0 bridgehead atoms. The summed E-state index contributed by atoms with van der Waals surface area (Å²) in [4.78, 5) is 26.1. The van der Waals surface area contributed by atoms with Crippen molar-refractivity contribution in [3.63, 3.8) is 0 Å². The lowest BCUT2D eigenvalue weighted by atomic mass is 10.1. The second-order valence-corrected chi connectivity index (χ2v) is 6.74. The summed E-state index contributed by atoms with van der Waals surface area (Å²) in [5, 5.41) is 13.6. The first-order chi connectivity index (χ1) is 14.3. The number of rotatable bonds is 4. The summed E-state index contributed by atoms with van der Waals surface area (Å²) in [5.74, 6) is -1.46. The number of carbonyl (C=O) groups excluding carboxylic acids is 2. The molecule has 1 fully saturated rings. The third-order valence-electron chi connectivity index (χ3n) is 4.73. The van der Waals surface area contributed by atoms with Gasteiger partial charge in [0.2, 0.25) is 11.8 Å². The molecule has 1 unspecified atom stereocenters. The van der Waals surface area contributed by atoms with Gasteiger partial charge in [0, 0.05) is 24.3 Å². The molecule has 1 N–H and O–H groups in total. The van der Waals surface area contributed by atoms with Gasteiger partial charge in [-0.05, 0) is 52.9 Å². The Bertz CT molecular complexity index is 1070. The first-order valence-electron chi connectivity index (χ1n) is 8.93. The summed E-state index contributed by atoms with van der Waals surface area (Å²) in [6.07, 6.45) is -3.16. The largest absolute Gasteiger partial charge is 0.416 e. The summed E-state index contributed by atoms with van der Waals surface area (Å²) >= 11 is 0. The minimum Gasteiger partial charge on any atom is -0.326 e. The second-order valence-electron chi connectivity index (χ2n) is 6.74. The maximum Gasteiger partial charge on any atom is 0.416 e. The first kappa shape index (κ1) is 19.6. The van der Waals surface area contributed by atoms with E-state index in [1.54, 1.807) is 24.3 Å². The molecule has 2 amide bonds. The van der Waals surface area contributed by atoms with Gasteiger partial charge in [0.15, 0.2) is 0 Å². The molecule has 2 heterocycles. The van der Waals surface area contributed by atoms with Crippen LogP contribution in [0.4, 0.5) is 24.5 Å². The van der Waals surface area contributed by atoms with E-state index in [0.29, 0.717) is 11.4 Å². The number of tetrazole rings is 1. The van der Waals surface area contributed by atoms with E-state index in [1.165, 1.54) is 28.0 Å². The molecule has 8 nitrogen and oxygen atoms in total. The number of alkyl halides is 3. The van der Waals surface area contributed by atoms with Gasteiger partial charge in [-0.25, -0.2) is 4.68 Å². The highest BCUT2D eigenvalue weighted by Crippen LogP contribution is 2.33. The van der Waals surface area contributed by atoms with Crippen molar-refractivity contribution in [1.29, 1.82) is 0 Å². The summed E-state index contributed by atoms with van der Waals surface area (Å²) in [6, 6.07) is 11.3. The Hall–Kier alpha value is -3.76. The van der Waals surface area contributed by atoms with Crippen molar-refractivity contribution >= 4 is 23.2 Å². The van der Waals surface area contributed by atoms with Gasteiger partial charge < -0.3 is 10.2 Å². The molecule has 2 aromatic carbocycles. The molecule has 4 rings (SSSR count). The van der Waals surface area contributed by atoms with Crippen molar-refractivity contribution in [2.24, 2.45) is 5.92 Å². The van der Waals surface area contributed by atoms with Crippen LogP contribution in [-0.4, -0.2) is 38.6 Å². The van der Waals surface area contributed by atoms with Crippen LogP contribution in [0.15, 0.2) is 54.9 Å². The molecule has 1 aliphatic rings. The Morgan fingerprint density at radius 1 is 1.10 bits per heavy atom. The molecule has 1 aromatic heterocycles. The summed E-state index contributed by atoms with van der Waals surface area (Å²) in [7, 11) is 0. The number of nitrogens with one attached hydrogen (secondary N) is 1. The van der Waals surface area contributed by atoms with E-state index in [2.05, 4.69) is 20.8 Å². The topological polar surface area (TPSA) is 93.0 Å². The Morgan fingerprint density at radius 2 is 1.87 bits per heavy atom. The molecular formula is C19H15F3N6O2. The van der Waals surface area contributed by atoms with Crippen LogP contribution in [0.2, 0.25) is 0 Å². The zero-order valence-corrected chi connectivity index (χ0v) is 15.4. The van der Waals surface area contributed by atoms with Crippen LogP contribution in [0.25, 0.3) is 5.69 Å². The van der Waals surface area contributed by atoms with Crippen LogP contribution < -0.4 is 10.2 Å². The summed E-state index contributed by atoms with van der Waals surface area (Å²) < 4.78 is 40.3. The smallest absolute Gasteiger partial charge is 0.326 e. The van der Waals surface area contributed by atoms with Gasteiger partial charge in [0.25, 0.3) is 0 Å². The zero-order chi connectivity index (χ0) is 21.3. The van der Waals surface area contributed by atoms with Crippen LogP contribution in [0.1, 0.15) is 12.0 Å². The lowest BCUT2D eigenvalue weighted by Gasteiger charge is -2.18. The van der Waals surface area contributed by atoms with Crippen molar-refractivity contribution in [1.82, 2.24) is 20.2 Å². The van der Waals surface area contributed by atoms with E-state index in [-0.39, 0.29) is 24.6 Å². The van der Waals surface area contributed by atoms with Crippen molar-refractivity contribution in [3.8, 4) is 5.69 Å². The summed E-state index contributed by atoms with van der Waals surface area (Å²) in [6.45, 7) is 0.00862. The van der Waals surface area contributed by atoms with Crippen molar-refractivity contribution in [2.75, 3.05) is 16.8 Å². The SMILES string of the molecule is O=C(Nc1ccc(-n2cnnn2)cc1)C1CC(=O)N(c2cccc(C(F)(F)F)c2)C1. The molecule has 1 aliphatic heterocycles. The van der Waals surface area contributed by atoms with Crippen LogP contribution in [0.5, 0.6) is 0 Å². The molecule has 3 aromatic rings. The van der Waals surface area contributed by atoms with Gasteiger partial charge in [-0.15, -0.1) is 5.10 Å². The minimum atomic E-state index is -4.51.